The molecule has 0 aliphatic rings. The number of benzene rings is 1. The molecule has 1 heterocycles. The maximum atomic E-state index is 5.09. The van der Waals surface area contributed by atoms with Crippen molar-refractivity contribution in [3.05, 3.63) is 30.5 Å². The minimum Gasteiger partial charge on any atom is -0.497 e. The van der Waals surface area contributed by atoms with E-state index in [-0.39, 0.29) is 0 Å². The monoisotopic (exact) mass is 203 g/mol. The standard InChI is InChI=1S/C11H13N3O/c1-3-14-12-8-11(13-14)9-4-6-10(15-2)7-5-9/h4-8H,3H2,1-2H3. The Hall–Kier alpha value is -1.84. The summed E-state index contributed by atoms with van der Waals surface area (Å²) in [6.07, 6.45) is 1.77. The molecule has 0 aliphatic carbocycles. The van der Waals surface area contributed by atoms with Gasteiger partial charge in [0.1, 0.15) is 11.4 Å². The minimum absolute atomic E-state index is 0.788. The number of hydrogen-bond acceptors (Lipinski definition) is 3. The van der Waals surface area contributed by atoms with Crippen LogP contribution in [0, 0.1) is 0 Å². The van der Waals surface area contributed by atoms with Crippen LogP contribution in [0.1, 0.15) is 6.92 Å². The van der Waals surface area contributed by atoms with Crippen molar-refractivity contribution >= 4 is 0 Å². The van der Waals surface area contributed by atoms with E-state index in [9.17, 15) is 0 Å². The van der Waals surface area contributed by atoms with Gasteiger partial charge in [-0.1, -0.05) is 0 Å². The Morgan fingerprint density at radius 3 is 2.53 bits per heavy atom. The van der Waals surface area contributed by atoms with Crippen LogP contribution in [0.2, 0.25) is 0 Å². The second kappa shape index (κ2) is 4.13. The van der Waals surface area contributed by atoms with Gasteiger partial charge in [-0.25, -0.2) is 0 Å². The van der Waals surface area contributed by atoms with E-state index >= 15 is 0 Å². The molecule has 1 aromatic carbocycles. The fourth-order valence-electron chi connectivity index (χ4n) is 1.34. The van der Waals surface area contributed by atoms with Gasteiger partial charge in [-0.05, 0) is 31.2 Å². The maximum Gasteiger partial charge on any atom is 0.118 e. The van der Waals surface area contributed by atoms with Crippen molar-refractivity contribution in [2.24, 2.45) is 0 Å². The van der Waals surface area contributed by atoms with E-state index in [1.54, 1.807) is 18.1 Å². The first kappa shape index (κ1) is 9.71. The van der Waals surface area contributed by atoms with Gasteiger partial charge in [-0.15, -0.1) is 0 Å². The van der Waals surface area contributed by atoms with Crippen molar-refractivity contribution in [1.29, 1.82) is 0 Å². The largest absolute Gasteiger partial charge is 0.497 e. The number of aromatic nitrogens is 3. The summed E-state index contributed by atoms with van der Waals surface area (Å²) in [5, 5.41) is 8.45. The highest BCUT2D eigenvalue weighted by Crippen LogP contribution is 2.19. The molecule has 2 aromatic rings. The number of aryl methyl sites for hydroxylation is 1. The van der Waals surface area contributed by atoms with E-state index in [0.29, 0.717) is 0 Å². The van der Waals surface area contributed by atoms with E-state index in [2.05, 4.69) is 10.2 Å². The van der Waals surface area contributed by atoms with E-state index in [1.807, 2.05) is 31.2 Å². The molecule has 1 aromatic heterocycles. The summed E-state index contributed by atoms with van der Waals surface area (Å²) in [7, 11) is 1.66. The molecule has 0 radical (unpaired) electrons. The predicted octanol–water partition coefficient (Wildman–Crippen LogP) is 1.97. The van der Waals surface area contributed by atoms with Crippen LogP contribution in [0.4, 0.5) is 0 Å². The second-order valence-electron chi connectivity index (χ2n) is 3.15. The van der Waals surface area contributed by atoms with Crippen LogP contribution in [0.3, 0.4) is 0 Å². The van der Waals surface area contributed by atoms with Crippen molar-refractivity contribution in [2.75, 3.05) is 7.11 Å². The molecular formula is C11H13N3O. The Balaban J connectivity index is 2.28. The van der Waals surface area contributed by atoms with Crippen LogP contribution < -0.4 is 4.74 Å². The lowest BCUT2D eigenvalue weighted by molar-refractivity contribution is 0.415. The molecule has 0 fully saturated rings. The summed E-state index contributed by atoms with van der Waals surface area (Å²) in [5.41, 5.74) is 1.94. The third-order valence-electron chi connectivity index (χ3n) is 2.21. The van der Waals surface area contributed by atoms with Crippen LogP contribution in [-0.2, 0) is 6.54 Å². The first-order valence-electron chi connectivity index (χ1n) is 4.88. The average molecular weight is 203 g/mol. The zero-order valence-electron chi connectivity index (χ0n) is 8.84. The molecule has 0 saturated heterocycles. The van der Waals surface area contributed by atoms with E-state index < -0.39 is 0 Å². The normalized spacial score (nSPS) is 10.3. The number of methoxy groups -OCH3 is 1. The van der Waals surface area contributed by atoms with Gasteiger partial charge in [0.05, 0.1) is 19.9 Å². The molecule has 78 valence electrons. The van der Waals surface area contributed by atoms with Gasteiger partial charge in [0.25, 0.3) is 0 Å². The first-order valence-corrected chi connectivity index (χ1v) is 4.88. The van der Waals surface area contributed by atoms with Crippen LogP contribution >= 0.6 is 0 Å². The van der Waals surface area contributed by atoms with E-state index in [1.165, 1.54) is 0 Å². The van der Waals surface area contributed by atoms with Gasteiger partial charge in [0.2, 0.25) is 0 Å². The van der Waals surface area contributed by atoms with Crippen molar-refractivity contribution in [3.8, 4) is 17.0 Å². The fraction of sp³-hybridized carbons (Fsp3) is 0.273. The molecule has 4 nitrogen and oxygen atoms in total. The second-order valence-corrected chi connectivity index (χ2v) is 3.15. The Morgan fingerprint density at radius 1 is 1.27 bits per heavy atom. The highest BCUT2D eigenvalue weighted by molar-refractivity contribution is 5.58. The lowest BCUT2D eigenvalue weighted by Gasteiger charge is -1.99. The third kappa shape index (κ3) is 1.98. The molecular weight excluding hydrogens is 190 g/mol. The zero-order chi connectivity index (χ0) is 10.7. The Kier molecular flexibility index (Phi) is 2.67. The van der Waals surface area contributed by atoms with Crippen LogP contribution in [0.5, 0.6) is 5.75 Å². The maximum absolute atomic E-state index is 5.09. The molecule has 0 unspecified atom stereocenters. The van der Waals surface area contributed by atoms with Gasteiger partial charge in [0, 0.05) is 5.56 Å². The lowest BCUT2D eigenvalue weighted by Crippen LogP contribution is -1.97. The topological polar surface area (TPSA) is 39.9 Å². The summed E-state index contributed by atoms with van der Waals surface area (Å²) in [6.45, 7) is 2.80. The van der Waals surface area contributed by atoms with Crippen molar-refractivity contribution in [1.82, 2.24) is 15.0 Å². The Bertz CT molecular complexity index is 433. The smallest absolute Gasteiger partial charge is 0.118 e. The molecule has 0 N–H and O–H groups in total. The first-order chi connectivity index (χ1) is 7.33. The average Bonchev–Trinajstić information content (AvgIpc) is 2.78. The molecule has 0 bridgehead atoms. The SMILES string of the molecule is CCn1ncc(-c2ccc(OC)cc2)n1. The number of nitrogens with zero attached hydrogens (tertiary/aromatic N) is 3. The van der Waals surface area contributed by atoms with Gasteiger partial charge < -0.3 is 4.74 Å². The van der Waals surface area contributed by atoms with Crippen molar-refractivity contribution in [2.45, 2.75) is 13.5 Å². The molecule has 2 rings (SSSR count). The predicted molar refractivity (Wildman–Crippen MR) is 57.7 cm³/mol. The van der Waals surface area contributed by atoms with Crippen LogP contribution in [0.25, 0.3) is 11.3 Å². The molecule has 15 heavy (non-hydrogen) atoms. The van der Waals surface area contributed by atoms with Gasteiger partial charge in [0.15, 0.2) is 0 Å². The number of hydrogen-bond donors (Lipinski definition) is 0. The summed E-state index contributed by atoms with van der Waals surface area (Å²) >= 11 is 0. The van der Waals surface area contributed by atoms with Gasteiger partial charge in [-0.2, -0.15) is 15.0 Å². The summed E-state index contributed by atoms with van der Waals surface area (Å²) < 4.78 is 5.09. The van der Waals surface area contributed by atoms with Crippen LogP contribution in [-0.4, -0.2) is 22.1 Å². The lowest BCUT2D eigenvalue weighted by atomic mass is 10.2. The Labute approximate surface area is 88.5 Å². The third-order valence-corrected chi connectivity index (χ3v) is 2.21. The molecule has 4 heteroatoms. The Morgan fingerprint density at radius 2 is 2.00 bits per heavy atom. The number of ether oxygens (including phenoxy) is 1. The molecule has 0 spiro atoms. The van der Waals surface area contributed by atoms with Gasteiger partial charge in [-0.3, -0.25) is 0 Å². The van der Waals surface area contributed by atoms with Crippen molar-refractivity contribution < 1.29 is 4.74 Å². The summed E-state index contributed by atoms with van der Waals surface area (Å²) in [4.78, 5) is 1.67. The van der Waals surface area contributed by atoms with Crippen LogP contribution in [0.15, 0.2) is 30.5 Å². The minimum atomic E-state index is 0.788. The highest BCUT2D eigenvalue weighted by Gasteiger charge is 2.02. The summed E-state index contributed by atoms with van der Waals surface area (Å²) in [5.74, 6) is 0.849. The highest BCUT2D eigenvalue weighted by atomic mass is 16.5. The molecule has 0 saturated carbocycles. The quantitative estimate of drug-likeness (QED) is 0.765. The van der Waals surface area contributed by atoms with Gasteiger partial charge >= 0.3 is 0 Å². The zero-order valence-corrected chi connectivity index (χ0v) is 8.84. The molecule has 0 atom stereocenters. The van der Waals surface area contributed by atoms with E-state index in [0.717, 1.165) is 23.6 Å². The molecule has 0 amide bonds. The number of rotatable bonds is 3. The van der Waals surface area contributed by atoms with E-state index in [4.69, 9.17) is 4.74 Å². The summed E-state index contributed by atoms with van der Waals surface area (Å²) in [6, 6.07) is 7.78. The molecule has 0 aliphatic heterocycles. The fourth-order valence-corrected chi connectivity index (χ4v) is 1.34. The van der Waals surface area contributed by atoms with Crippen molar-refractivity contribution in [3.63, 3.8) is 0 Å².